The first-order chi connectivity index (χ1) is 10.1. The molecule has 21 heavy (non-hydrogen) atoms. The first-order valence-electron chi connectivity index (χ1n) is 7.09. The van der Waals surface area contributed by atoms with Crippen LogP contribution in [-0.2, 0) is 5.54 Å². The minimum Gasteiger partial charge on any atom is -0.465 e. The molecule has 0 spiro atoms. The van der Waals surface area contributed by atoms with Gasteiger partial charge in [-0.2, -0.15) is 0 Å². The molecule has 4 nitrogen and oxygen atoms in total. The second-order valence-corrected chi connectivity index (χ2v) is 7.46. The standard InChI is InChI=1S/C15H17BrN2O2S/c16-12-6-3-5-10(8-12)15-7-2-1-4-11(15)9-21-13(18-15)17-14(19)20/h3,5-6,8,11H,1-2,4,7,9H2,(H,17,18)(H,19,20)/t11?,15-/m1/s1. The normalized spacial score (nSPS) is 28.4. The number of carboxylic acid groups (broad SMARTS) is 1. The lowest BCUT2D eigenvalue weighted by Gasteiger charge is -2.44. The molecule has 2 atom stereocenters. The number of amides is 1. The van der Waals surface area contributed by atoms with Gasteiger partial charge in [0.2, 0.25) is 0 Å². The van der Waals surface area contributed by atoms with E-state index < -0.39 is 6.09 Å². The zero-order chi connectivity index (χ0) is 14.9. The molecule has 1 aliphatic heterocycles. The van der Waals surface area contributed by atoms with Gasteiger partial charge in [-0.3, -0.25) is 10.3 Å². The van der Waals surface area contributed by atoms with Crippen molar-refractivity contribution in [3.63, 3.8) is 0 Å². The van der Waals surface area contributed by atoms with Crippen LogP contribution in [0.3, 0.4) is 0 Å². The summed E-state index contributed by atoms with van der Waals surface area (Å²) in [6.45, 7) is 0. The monoisotopic (exact) mass is 368 g/mol. The summed E-state index contributed by atoms with van der Waals surface area (Å²) in [4.78, 5) is 15.8. The third kappa shape index (κ3) is 2.97. The van der Waals surface area contributed by atoms with Crippen molar-refractivity contribution < 1.29 is 9.90 Å². The van der Waals surface area contributed by atoms with E-state index in [0.717, 1.165) is 29.5 Å². The molecule has 2 aliphatic rings. The van der Waals surface area contributed by atoms with Crippen LogP contribution in [0.1, 0.15) is 31.2 Å². The fraction of sp³-hybridized carbons (Fsp3) is 0.467. The lowest BCUT2D eigenvalue weighted by Crippen LogP contribution is -2.44. The van der Waals surface area contributed by atoms with E-state index in [4.69, 9.17) is 10.1 Å². The number of hydrogen-bond acceptors (Lipinski definition) is 3. The first-order valence-corrected chi connectivity index (χ1v) is 8.87. The summed E-state index contributed by atoms with van der Waals surface area (Å²) < 4.78 is 1.04. The Morgan fingerprint density at radius 2 is 2.33 bits per heavy atom. The molecule has 1 aromatic rings. The predicted molar refractivity (Wildman–Crippen MR) is 88.8 cm³/mol. The maximum Gasteiger partial charge on any atom is 0.410 e. The largest absolute Gasteiger partial charge is 0.465 e. The maximum absolute atomic E-state index is 10.9. The van der Waals surface area contributed by atoms with Crippen molar-refractivity contribution in [2.24, 2.45) is 10.9 Å². The quantitative estimate of drug-likeness (QED) is 0.780. The van der Waals surface area contributed by atoms with E-state index in [9.17, 15) is 4.79 Å². The molecule has 0 bridgehead atoms. The van der Waals surface area contributed by atoms with Crippen molar-refractivity contribution in [3.8, 4) is 0 Å². The summed E-state index contributed by atoms with van der Waals surface area (Å²) in [6, 6.07) is 8.27. The van der Waals surface area contributed by atoms with E-state index in [0.29, 0.717) is 11.1 Å². The number of thioether (sulfide) groups is 1. The first kappa shape index (κ1) is 14.9. The summed E-state index contributed by atoms with van der Waals surface area (Å²) in [6.07, 6.45) is 3.47. The summed E-state index contributed by atoms with van der Waals surface area (Å²) in [5, 5.41) is 11.9. The average Bonchev–Trinajstić information content (AvgIpc) is 2.46. The second-order valence-electron chi connectivity index (χ2n) is 5.54. The van der Waals surface area contributed by atoms with Crippen LogP contribution in [0.25, 0.3) is 0 Å². The molecule has 0 saturated heterocycles. The molecule has 1 amide bonds. The Bertz CT molecular complexity index is 593. The van der Waals surface area contributed by atoms with Gasteiger partial charge in [-0.05, 0) is 36.5 Å². The van der Waals surface area contributed by atoms with Crippen LogP contribution in [-0.4, -0.2) is 22.1 Å². The van der Waals surface area contributed by atoms with E-state index in [1.807, 2.05) is 12.1 Å². The van der Waals surface area contributed by atoms with Gasteiger partial charge in [-0.1, -0.05) is 52.7 Å². The molecule has 1 fully saturated rings. The van der Waals surface area contributed by atoms with Crippen molar-refractivity contribution in [2.45, 2.75) is 31.2 Å². The topological polar surface area (TPSA) is 61.7 Å². The predicted octanol–water partition coefficient (Wildman–Crippen LogP) is 4.21. The van der Waals surface area contributed by atoms with Gasteiger partial charge in [-0.25, -0.2) is 4.79 Å². The van der Waals surface area contributed by atoms with E-state index in [2.05, 4.69) is 33.4 Å². The summed E-state index contributed by atoms with van der Waals surface area (Å²) in [5.74, 6) is 1.40. The smallest absolute Gasteiger partial charge is 0.410 e. The highest BCUT2D eigenvalue weighted by molar-refractivity contribution is 9.10. The van der Waals surface area contributed by atoms with Crippen molar-refractivity contribution in [2.75, 3.05) is 5.75 Å². The Morgan fingerprint density at radius 3 is 3.10 bits per heavy atom. The molecule has 6 heteroatoms. The van der Waals surface area contributed by atoms with Crippen LogP contribution in [0, 0.1) is 5.92 Å². The summed E-state index contributed by atoms with van der Waals surface area (Å²) in [5.41, 5.74) is 0.914. The molecule has 3 rings (SSSR count). The number of aliphatic imine (C=N–C) groups is 1. The highest BCUT2D eigenvalue weighted by Crippen LogP contribution is 2.49. The molecule has 1 aromatic carbocycles. The fourth-order valence-electron chi connectivity index (χ4n) is 3.35. The summed E-state index contributed by atoms with van der Waals surface area (Å²) >= 11 is 5.05. The summed E-state index contributed by atoms with van der Waals surface area (Å²) in [7, 11) is 0. The fourth-order valence-corrected chi connectivity index (χ4v) is 4.94. The Balaban J connectivity index is 2.05. The third-order valence-electron chi connectivity index (χ3n) is 4.30. The van der Waals surface area contributed by atoms with Gasteiger partial charge < -0.3 is 5.11 Å². The number of amidine groups is 1. The van der Waals surface area contributed by atoms with Gasteiger partial charge in [0.25, 0.3) is 0 Å². The minimum atomic E-state index is -1.04. The molecule has 112 valence electrons. The number of hydrogen-bond donors (Lipinski definition) is 2. The molecule has 2 N–H and O–H groups in total. The van der Waals surface area contributed by atoms with Gasteiger partial charge in [0.05, 0.1) is 5.54 Å². The van der Waals surface area contributed by atoms with Gasteiger partial charge in [0, 0.05) is 10.2 Å². The van der Waals surface area contributed by atoms with E-state index in [1.165, 1.54) is 23.7 Å². The van der Waals surface area contributed by atoms with Crippen LogP contribution in [0.2, 0.25) is 0 Å². The van der Waals surface area contributed by atoms with Crippen LogP contribution in [0.4, 0.5) is 4.79 Å². The SMILES string of the molecule is O=C(O)NC1=N[C@@]2(c3cccc(Br)c3)CCCCC2CS1. The molecule has 0 aromatic heterocycles. The number of benzene rings is 1. The van der Waals surface area contributed by atoms with Crippen molar-refractivity contribution in [1.82, 2.24) is 5.32 Å². The molecule has 0 radical (unpaired) electrons. The van der Waals surface area contributed by atoms with Crippen LogP contribution in [0.15, 0.2) is 33.7 Å². The van der Waals surface area contributed by atoms with Crippen LogP contribution >= 0.6 is 27.7 Å². The molecule has 1 heterocycles. The van der Waals surface area contributed by atoms with Gasteiger partial charge in [0.15, 0.2) is 5.17 Å². The van der Waals surface area contributed by atoms with E-state index in [-0.39, 0.29) is 5.54 Å². The van der Waals surface area contributed by atoms with Crippen molar-refractivity contribution in [1.29, 1.82) is 0 Å². The Labute approximate surface area is 136 Å². The Hall–Kier alpha value is -1.01. The van der Waals surface area contributed by atoms with E-state index >= 15 is 0 Å². The number of nitrogens with zero attached hydrogens (tertiary/aromatic N) is 1. The Morgan fingerprint density at radius 1 is 1.48 bits per heavy atom. The number of nitrogens with one attached hydrogen (secondary N) is 1. The molecular formula is C15H17BrN2O2S. The third-order valence-corrected chi connectivity index (χ3v) is 5.83. The zero-order valence-electron chi connectivity index (χ0n) is 11.5. The lowest BCUT2D eigenvalue weighted by atomic mass is 9.70. The molecule has 1 aliphatic carbocycles. The highest BCUT2D eigenvalue weighted by atomic mass is 79.9. The van der Waals surface area contributed by atoms with E-state index in [1.54, 1.807) is 0 Å². The molecule has 1 saturated carbocycles. The number of halogens is 1. The number of carbonyl (C=O) groups is 1. The Kier molecular flexibility index (Phi) is 4.26. The number of fused-ring (bicyclic) bond motifs is 1. The second kappa shape index (κ2) is 6.01. The van der Waals surface area contributed by atoms with Crippen LogP contribution < -0.4 is 5.32 Å². The minimum absolute atomic E-state index is 0.273. The van der Waals surface area contributed by atoms with Crippen molar-refractivity contribution in [3.05, 3.63) is 34.3 Å². The van der Waals surface area contributed by atoms with Crippen molar-refractivity contribution >= 4 is 39.0 Å². The molecule has 1 unspecified atom stereocenters. The van der Waals surface area contributed by atoms with Crippen LogP contribution in [0.5, 0.6) is 0 Å². The molecular weight excluding hydrogens is 352 g/mol. The lowest BCUT2D eigenvalue weighted by molar-refractivity contribution is 0.198. The zero-order valence-corrected chi connectivity index (χ0v) is 13.9. The highest BCUT2D eigenvalue weighted by Gasteiger charge is 2.45. The van der Waals surface area contributed by atoms with Gasteiger partial charge in [0.1, 0.15) is 0 Å². The van der Waals surface area contributed by atoms with Gasteiger partial charge >= 0.3 is 6.09 Å². The van der Waals surface area contributed by atoms with Gasteiger partial charge in [-0.15, -0.1) is 0 Å². The maximum atomic E-state index is 10.9. The number of rotatable bonds is 1. The average molecular weight is 369 g/mol.